The number of methoxy groups -OCH3 is 2. The summed E-state index contributed by atoms with van der Waals surface area (Å²) in [5.74, 6) is 1.46. The Balaban J connectivity index is 1.70. The second-order valence-corrected chi connectivity index (χ2v) is 7.35. The Morgan fingerprint density at radius 3 is 2.52 bits per heavy atom. The molecular weight excluding hydrogens is 332 g/mol. The summed E-state index contributed by atoms with van der Waals surface area (Å²) < 4.78 is 13.2. The van der Waals surface area contributed by atoms with Gasteiger partial charge in [-0.15, -0.1) is 11.3 Å². The van der Waals surface area contributed by atoms with Gasteiger partial charge in [0.2, 0.25) is 0 Å². The first-order valence-electron chi connectivity index (χ1n) is 8.49. The standard InChI is InChI=1S/C20H22N2O2S/c1-12-9-16(13(2)22(12)15-6-7-15)17-11-25-20(21-17)14-5-8-18(23-3)19(10-14)24-4/h5,8-11,15H,6-7H2,1-4H3. The molecule has 1 fully saturated rings. The molecule has 0 bridgehead atoms. The molecule has 0 aliphatic heterocycles. The van der Waals surface area contributed by atoms with E-state index in [9.17, 15) is 0 Å². The Bertz CT molecular complexity index is 922. The van der Waals surface area contributed by atoms with E-state index in [-0.39, 0.29) is 0 Å². The van der Waals surface area contributed by atoms with Gasteiger partial charge in [0.1, 0.15) is 5.01 Å². The molecule has 1 aromatic carbocycles. The number of aromatic nitrogens is 2. The SMILES string of the molecule is COc1ccc(-c2nc(-c3cc(C)n(C4CC4)c3C)cs2)cc1OC. The fourth-order valence-electron chi connectivity index (χ4n) is 3.43. The van der Waals surface area contributed by atoms with Crippen molar-refractivity contribution in [3.63, 3.8) is 0 Å². The van der Waals surface area contributed by atoms with Gasteiger partial charge in [-0.2, -0.15) is 0 Å². The zero-order valence-electron chi connectivity index (χ0n) is 15.0. The van der Waals surface area contributed by atoms with E-state index in [1.54, 1.807) is 25.6 Å². The molecule has 0 unspecified atom stereocenters. The van der Waals surface area contributed by atoms with E-state index in [1.165, 1.54) is 29.8 Å². The summed E-state index contributed by atoms with van der Waals surface area (Å²) in [7, 11) is 3.30. The van der Waals surface area contributed by atoms with Gasteiger partial charge < -0.3 is 14.0 Å². The van der Waals surface area contributed by atoms with Crippen LogP contribution in [0.5, 0.6) is 11.5 Å². The number of hydrogen-bond acceptors (Lipinski definition) is 4. The van der Waals surface area contributed by atoms with Crippen LogP contribution in [0.3, 0.4) is 0 Å². The van der Waals surface area contributed by atoms with Crippen LogP contribution >= 0.6 is 11.3 Å². The average molecular weight is 354 g/mol. The predicted molar refractivity (Wildman–Crippen MR) is 102 cm³/mol. The molecule has 0 spiro atoms. The van der Waals surface area contributed by atoms with Gasteiger partial charge in [-0.05, 0) is 51.0 Å². The van der Waals surface area contributed by atoms with Crippen LogP contribution in [0.15, 0.2) is 29.6 Å². The Kier molecular flexibility index (Phi) is 4.04. The quantitative estimate of drug-likeness (QED) is 0.628. The van der Waals surface area contributed by atoms with Gasteiger partial charge in [0.25, 0.3) is 0 Å². The Morgan fingerprint density at radius 1 is 1.08 bits per heavy atom. The number of rotatable bonds is 5. The lowest BCUT2D eigenvalue weighted by atomic mass is 10.2. The van der Waals surface area contributed by atoms with E-state index in [0.29, 0.717) is 6.04 Å². The minimum absolute atomic E-state index is 0.692. The molecule has 3 aromatic rings. The van der Waals surface area contributed by atoms with Crippen molar-refractivity contribution < 1.29 is 9.47 Å². The lowest BCUT2D eigenvalue weighted by molar-refractivity contribution is 0.355. The predicted octanol–water partition coefficient (Wildman–Crippen LogP) is 5.25. The van der Waals surface area contributed by atoms with Crippen LogP contribution in [-0.2, 0) is 0 Å². The maximum atomic E-state index is 5.41. The van der Waals surface area contributed by atoms with E-state index in [2.05, 4.69) is 29.9 Å². The number of hydrogen-bond donors (Lipinski definition) is 0. The highest BCUT2D eigenvalue weighted by Gasteiger charge is 2.27. The summed E-state index contributed by atoms with van der Waals surface area (Å²) in [4.78, 5) is 4.89. The Morgan fingerprint density at radius 2 is 1.84 bits per heavy atom. The van der Waals surface area contributed by atoms with Gasteiger partial charge in [-0.1, -0.05) is 0 Å². The van der Waals surface area contributed by atoms with Gasteiger partial charge >= 0.3 is 0 Å². The number of aryl methyl sites for hydroxylation is 1. The molecule has 2 heterocycles. The fraction of sp³-hybridized carbons (Fsp3) is 0.350. The minimum atomic E-state index is 0.692. The van der Waals surface area contributed by atoms with E-state index in [1.807, 2.05) is 18.2 Å². The monoisotopic (exact) mass is 354 g/mol. The third-order valence-electron chi connectivity index (χ3n) is 4.81. The highest BCUT2D eigenvalue weighted by Crippen LogP contribution is 2.41. The molecule has 0 N–H and O–H groups in total. The molecule has 1 aliphatic rings. The average Bonchev–Trinajstić information content (AvgIpc) is 3.25. The van der Waals surface area contributed by atoms with Crippen molar-refractivity contribution >= 4 is 11.3 Å². The van der Waals surface area contributed by atoms with E-state index in [0.717, 1.165) is 27.8 Å². The van der Waals surface area contributed by atoms with Crippen molar-refractivity contribution in [2.24, 2.45) is 0 Å². The van der Waals surface area contributed by atoms with Gasteiger partial charge in [-0.3, -0.25) is 0 Å². The summed E-state index contributed by atoms with van der Waals surface area (Å²) in [6.45, 7) is 4.40. The van der Waals surface area contributed by atoms with Gasteiger partial charge in [0.15, 0.2) is 11.5 Å². The molecule has 25 heavy (non-hydrogen) atoms. The van der Waals surface area contributed by atoms with E-state index >= 15 is 0 Å². The van der Waals surface area contributed by atoms with Crippen molar-refractivity contribution in [2.75, 3.05) is 14.2 Å². The lowest BCUT2D eigenvalue weighted by Gasteiger charge is -2.08. The zero-order valence-corrected chi connectivity index (χ0v) is 15.8. The van der Waals surface area contributed by atoms with Crippen LogP contribution in [0, 0.1) is 13.8 Å². The molecule has 5 heteroatoms. The van der Waals surface area contributed by atoms with Gasteiger partial charge in [0.05, 0.1) is 19.9 Å². The topological polar surface area (TPSA) is 36.3 Å². The maximum absolute atomic E-state index is 5.41. The first kappa shape index (κ1) is 16.2. The summed E-state index contributed by atoms with van der Waals surface area (Å²) in [6, 6.07) is 8.89. The largest absolute Gasteiger partial charge is 0.493 e. The minimum Gasteiger partial charge on any atom is -0.493 e. The smallest absolute Gasteiger partial charge is 0.161 e. The fourth-order valence-corrected chi connectivity index (χ4v) is 4.25. The molecule has 4 rings (SSSR count). The third kappa shape index (κ3) is 2.82. The van der Waals surface area contributed by atoms with E-state index < -0.39 is 0 Å². The van der Waals surface area contributed by atoms with E-state index in [4.69, 9.17) is 14.5 Å². The molecule has 1 aliphatic carbocycles. The maximum Gasteiger partial charge on any atom is 0.161 e. The summed E-state index contributed by atoms with van der Waals surface area (Å²) in [6.07, 6.45) is 2.59. The van der Waals surface area contributed by atoms with Crippen molar-refractivity contribution in [1.82, 2.24) is 9.55 Å². The molecule has 0 radical (unpaired) electrons. The van der Waals surface area contributed by atoms with Crippen LogP contribution in [0.25, 0.3) is 21.8 Å². The molecular formula is C20H22N2O2S. The van der Waals surface area contributed by atoms with Crippen LogP contribution in [0.2, 0.25) is 0 Å². The summed E-state index contributed by atoms with van der Waals surface area (Å²) in [5, 5.41) is 3.14. The number of thiazole rings is 1. The normalized spacial score (nSPS) is 13.9. The van der Waals surface area contributed by atoms with Crippen LogP contribution in [0.4, 0.5) is 0 Å². The van der Waals surface area contributed by atoms with Crippen molar-refractivity contribution in [1.29, 1.82) is 0 Å². The first-order chi connectivity index (χ1) is 12.1. The van der Waals surface area contributed by atoms with Gasteiger partial charge in [-0.25, -0.2) is 4.98 Å². The van der Waals surface area contributed by atoms with Crippen LogP contribution in [-0.4, -0.2) is 23.8 Å². The van der Waals surface area contributed by atoms with Crippen molar-refractivity contribution in [2.45, 2.75) is 32.7 Å². The van der Waals surface area contributed by atoms with Crippen LogP contribution in [0.1, 0.15) is 30.3 Å². The number of nitrogens with zero attached hydrogens (tertiary/aromatic N) is 2. The molecule has 1 saturated carbocycles. The molecule has 130 valence electrons. The second kappa shape index (κ2) is 6.23. The third-order valence-corrected chi connectivity index (χ3v) is 5.70. The Hall–Kier alpha value is -2.27. The zero-order chi connectivity index (χ0) is 17.6. The van der Waals surface area contributed by atoms with Crippen molar-refractivity contribution in [3.05, 3.63) is 41.0 Å². The molecule has 0 amide bonds. The number of benzene rings is 1. The van der Waals surface area contributed by atoms with Gasteiger partial charge in [0, 0.05) is 33.9 Å². The number of ether oxygens (including phenoxy) is 2. The van der Waals surface area contributed by atoms with Crippen LogP contribution < -0.4 is 9.47 Å². The summed E-state index contributed by atoms with van der Waals surface area (Å²) in [5.41, 5.74) is 5.99. The Labute approximate surface area is 152 Å². The molecule has 0 atom stereocenters. The molecule has 0 saturated heterocycles. The summed E-state index contributed by atoms with van der Waals surface area (Å²) >= 11 is 1.66. The van der Waals surface area contributed by atoms with Crippen molar-refractivity contribution in [3.8, 4) is 33.3 Å². The highest BCUT2D eigenvalue weighted by molar-refractivity contribution is 7.13. The lowest BCUT2D eigenvalue weighted by Crippen LogP contribution is -1.98. The molecule has 2 aromatic heterocycles. The second-order valence-electron chi connectivity index (χ2n) is 6.49. The first-order valence-corrected chi connectivity index (χ1v) is 9.37. The highest BCUT2D eigenvalue weighted by atomic mass is 32.1. The molecule has 4 nitrogen and oxygen atoms in total.